The molecule has 1 aromatic carbocycles. The van der Waals surface area contributed by atoms with Gasteiger partial charge < -0.3 is 20.2 Å². The Morgan fingerprint density at radius 2 is 2.24 bits per heavy atom. The summed E-state index contributed by atoms with van der Waals surface area (Å²) < 4.78 is 10.7. The summed E-state index contributed by atoms with van der Waals surface area (Å²) in [5.74, 6) is 1.59. The van der Waals surface area contributed by atoms with Crippen molar-refractivity contribution < 1.29 is 9.15 Å². The van der Waals surface area contributed by atoms with Crippen LogP contribution in [0, 0.1) is 0 Å². The second-order valence-corrected chi connectivity index (χ2v) is 3.62. The van der Waals surface area contributed by atoms with Crippen molar-refractivity contribution >= 4 is 11.4 Å². The third-order valence-corrected chi connectivity index (χ3v) is 2.36. The zero-order chi connectivity index (χ0) is 12.1. The lowest BCUT2D eigenvalue weighted by Gasteiger charge is -2.10. The van der Waals surface area contributed by atoms with Crippen molar-refractivity contribution in [2.24, 2.45) is 0 Å². The van der Waals surface area contributed by atoms with Gasteiger partial charge in [0, 0.05) is 11.8 Å². The van der Waals surface area contributed by atoms with Crippen molar-refractivity contribution in [1.82, 2.24) is 0 Å². The number of hydrogen-bond acceptors (Lipinski definition) is 4. The highest BCUT2D eigenvalue weighted by Crippen LogP contribution is 2.25. The molecule has 0 radical (unpaired) electrons. The summed E-state index contributed by atoms with van der Waals surface area (Å²) in [6.45, 7) is 3.18. The van der Waals surface area contributed by atoms with Crippen LogP contribution in [0.25, 0.3) is 0 Å². The Morgan fingerprint density at radius 1 is 1.35 bits per heavy atom. The molecule has 0 atom stereocenters. The minimum absolute atomic E-state index is 0.603. The largest absolute Gasteiger partial charge is 0.492 e. The van der Waals surface area contributed by atoms with E-state index in [0.29, 0.717) is 24.6 Å². The van der Waals surface area contributed by atoms with Crippen LogP contribution >= 0.6 is 0 Å². The molecule has 2 rings (SSSR count). The molecule has 0 fully saturated rings. The molecule has 2 aromatic rings. The van der Waals surface area contributed by atoms with Gasteiger partial charge in [-0.15, -0.1) is 0 Å². The number of nitrogens with one attached hydrogen (secondary N) is 1. The smallest absolute Gasteiger partial charge is 0.144 e. The van der Waals surface area contributed by atoms with E-state index in [-0.39, 0.29) is 0 Å². The number of ether oxygens (including phenoxy) is 1. The molecule has 90 valence electrons. The van der Waals surface area contributed by atoms with E-state index in [0.717, 1.165) is 11.4 Å². The molecule has 3 N–H and O–H groups in total. The lowest BCUT2D eigenvalue weighted by Crippen LogP contribution is -2.01. The summed E-state index contributed by atoms with van der Waals surface area (Å²) in [5.41, 5.74) is 7.40. The molecule has 0 aliphatic rings. The van der Waals surface area contributed by atoms with Gasteiger partial charge in [0.25, 0.3) is 0 Å². The Kier molecular flexibility index (Phi) is 3.55. The summed E-state index contributed by atoms with van der Waals surface area (Å²) >= 11 is 0. The van der Waals surface area contributed by atoms with E-state index in [1.807, 2.05) is 37.3 Å². The zero-order valence-corrected chi connectivity index (χ0v) is 9.77. The molecular formula is C13H16N2O2. The molecule has 0 amide bonds. The van der Waals surface area contributed by atoms with Crippen molar-refractivity contribution in [2.75, 3.05) is 17.7 Å². The Balaban J connectivity index is 2.03. The van der Waals surface area contributed by atoms with Gasteiger partial charge in [0.1, 0.15) is 11.5 Å². The molecule has 1 aromatic heterocycles. The number of rotatable bonds is 5. The minimum atomic E-state index is 0.603. The monoisotopic (exact) mass is 232 g/mol. The second kappa shape index (κ2) is 5.30. The van der Waals surface area contributed by atoms with E-state index >= 15 is 0 Å². The number of furan rings is 1. The normalized spacial score (nSPS) is 10.2. The van der Waals surface area contributed by atoms with Crippen molar-refractivity contribution in [3.05, 3.63) is 42.4 Å². The predicted molar refractivity (Wildman–Crippen MR) is 68.1 cm³/mol. The molecule has 0 aliphatic heterocycles. The van der Waals surface area contributed by atoms with Crippen LogP contribution in [-0.2, 0) is 6.54 Å². The minimum Gasteiger partial charge on any atom is -0.492 e. The van der Waals surface area contributed by atoms with E-state index in [4.69, 9.17) is 14.9 Å². The number of nitrogen functional groups attached to an aromatic ring is 1. The van der Waals surface area contributed by atoms with Gasteiger partial charge in [-0.25, -0.2) is 0 Å². The molecule has 0 saturated heterocycles. The van der Waals surface area contributed by atoms with Crippen molar-refractivity contribution in [1.29, 1.82) is 0 Å². The second-order valence-electron chi connectivity index (χ2n) is 3.62. The maximum atomic E-state index is 5.79. The maximum Gasteiger partial charge on any atom is 0.144 e. The molecule has 1 heterocycles. The average molecular weight is 232 g/mol. The quantitative estimate of drug-likeness (QED) is 0.778. The van der Waals surface area contributed by atoms with Crippen molar-refractivity contribution in [2.45, 2.75) is 13.5 Å². The van der Waals surface area contributed by atoms with Crippen LogP contribution in [-0.4, -0.2) is 6.61 Å². The van der Waals surface area contributed by atoms with Gasteiger partial charge >= 0.3 is 0 Å². The van der Waals surface area contributed by atoms with Gasteiger partial charge in [-0.05, 0) is 31.2 Å². The van der Waals surface area contributed by atoms with Gasteiger partial charge in [0.05, 0.1) is 25.1 Å². The van der Waals surface area contributed by atoms with Gasteiger partial charge in [0.2, 0.25) is 0 Å². The number of anilines is 2. The maximum absolute atomic E-state index is 5.79. The Hall–Kier alpha value is -2.10. The molecule has 0 bridgehead atoms. The van der Waals surface area contributed by atoms with Crippen LogP contribution in [0.4, 0.5) is 11.4 Å². The first kappa shape index (κ1) is 11.4. The number of nitrogens with two attached hydrogens (primary N) is 1. The van der Waals surface area contributed by atoms with Crippen LogP contribution in [0.15, 0.2) is 41.0 Å². The van der Waals surface area contributed by atoms with E-state index < -0.39 is 0 Å². The third kappa shape index (κ3) is 2.93. The van der Waals surface area contributed by atoms with E-state index in [2.05, 4.69) is 5.32 Å². The highest BCUT2D eigenvalue weighted by molar-refractivity contribution is 5.61. The molecule has 4 heteroatoms. The average Bonchev–Trinajstić information content (AvgIpc) is 2.83. The Bertz CT molecular complexity index is 466. The Labute approximate surface area is 100 Å². The summed E-state index contributed by atoms with van der Waals surface area (Å²) in [7, 11) is 0. The van der Waals surface area contributed by atoms with Crippen LogP contribution in [0.2, 0.25) is 0 Å². The topological polar surface area (TPSA) is 60.4 Å². The first-order chi connectivity index (χ1) is 8.29. The molecular weight excluding hydrogens is 216 g/mol. The lowest BCUT2D eigenvalue weighted by molar-refractivity contribution is 0.342. The third-order valence-electron chi connectivity index (χ3n) is 2.36. The standard InChI is InChI=1S/C13H16N2O2/c1-2-16-13-8-10(5-6-12(13)14)15-9-11-4-3-7-17-11/h3-8,15H,2,9,14H2,1H3. The predicted octanol–water partition coefficient (Wildman–Crippen LogP) is 2.87. The highest BCUT2D eigenvalue weighted by atomic mass is 16.5. The number of hydrogen-bond donors (Lipinski definition) is 2. The first-order valence-electron chi connectivity index (χ1n) is 5.58. The summed E-state index contributed by atoms with van der Waals surface area (Å²) in [4.78, 5) is 0. The Morgan fingerprint density at radius 3 is 2.94 bits per heavy atom. The molecule has 0 saturated carbocycles. The fourth-order valence-corrected chi connectivity index (χ4v) is 1.53. The van der Waals surface area contributed by atoms with Gasteiger partial charge in [-0.3, -0.25) is 0 Å². The summed E-state index contributed by atoms with van der Waals surface area (Å²) in [6, 6.07) is 9.43. The molecule has 0 spiro atoms. The van der Waals surface area contributed by atoms with Gasteiger partial charge in [-0.2, -0.15) is 0 Å². The fourth-order valence-electron chi connectivity index (χ4n) is 1.53. The van der Waals surface area contributed by atoms with Gasteiger partial charge in [0.15, 0.2) is 0 Å². The molecule has 0 unspecified atom stereocenters. The number of benzene rings is 1. The van der Waals surface area contributed by atoms with Crippen molar-refractivity contribution in [3.8, 4) is 5.75 Å². The summed E-state index contributed by atoms with van der Waals surface area (Å²) in [5, 5.41) is 3.24. The molecule has 17 heavy (non-hydrogen) atoms. The van der Waals surface area contributed by atoms with Crippen molar-refractivity contribution in [3.63, 3.8) is 0 Å². The SMILES string of the molecule is CCOc1cc(NCc2ccco2)ccc1N. The van der Waals surface area contributed by atoms with Crippen LogP contribution < -0.4 is 15.8 Å². The first-order valence-corrected chi connectivity index (χ1v) is 5.58. The van der Waals surface area contributed by atoms with E-state index in [9.17, 15) is 0 Å². The van der Waals surface area contributed by atoms with Crippen LogP contribution in [0.1, 0.15) is 12.7 Å². The van der Waals surface area contributed by atoms with Crippen LogP contribution in [0.3, 0.4) is 0 Å². The highest BCUT2D eigenvalue weighted by Gasteiger charge is 2.02. The zero-order valence-electron chi connectivity index (χ0n) is 9.77. The lowest BCUT2D eigenvalue weighted by atomic mass is 10.2. The fraction of sp³-hybridized carbons (Fsp3) is 0.231. The molecule has 4 nitrogen and oxygen atoms in total. The van der Waals surface area contributed by atoms with Gasteiger partial charge in [-0.1, -0.05) is 0 Å². The van der Waals surface area contributed by atoms with E-state index in [1.165, 1.54) is 0 Å². The van der Waals surface area contributed by atoms with E-state index in [1.54, 1.807) is 6.26 Å². The van der Waals surface area contributed by atoms with Crippen LogP contribution in [0.5, 0.6) is 5.75 Å². The molecule has 0 aliphatic carbocycles. The summed E-state index contributed by atoms with van der Waals surface area (Å²) in [6.07, 6.45) is 1.66.